The van der Waals surface area contributed by atoms with Gasteiger partial charge in [-0.25, -0.2) is 4.39 Å². The fraction of sp³-hybridized carbons (Fsp3) is 0. The van der Waals surface area contributed by atoms with Crippen molar-refractivity contribution >= 4 is 27.4 Å². The van der Waals surface area contributed by atoms with Crippen molar-refractivity contribution in [3.63, 3.8) is 0 Å². The van der Waals surface area contributed by atoms with E-state index in [1.54, 1.807) is 24.3 Å². The summed E-state index contributed by atoms with van der Waals surface area (Å²) in [5.41, 5.74) is -0.0608. The van der Waals surface area contributed by atoms with Crippen molar-refractivity contribution in [2.24, 2.45) is 0 Å². The van der Waals surface area contributed by atoms with Gasteiger partial charge in [0.05, 0.1) is 0 Å². The molecule has 0 fully saturated rings. The summed E-state index contributed by atoms with van der Waals surface area (Å²) >= 11 is 0. The average Bonchev–Trinajstić information content (AvgIpc) is 2.45. The van der Waals surface area contributed by atoms with Gasteiger partial charge in [-0.15, -0.1) is 0 Å². The van der Waals surface area contributed by atoms with Crippen LogP contribution in [0.1, 0.15) is 5.56 Å². The predicted octanol–water partition coefficient (Wildman–Crippen LogP) is 5.53. The Morgan fingerprint density at radius 2 is 1.26 bits per heavy atom. The first-order valence-electron chi connectivity index (χ1n) is 5.80. The van der Waals surface area contributed by atoms with Crippen LogP contribution in [0.4, 0.5) is 13.2 Å². The highest BCUT2D eigenvalue weighted by atomic mass is 19.3. The van der Waals surface area contributed by atoms with Gasteiger partial charge in [-0.2, -0.15) is 8.78 Å². The third-order valence-electron chi connectivity index (χ3n) is 3.17. The number of halogens is 3. The zero-order valence-corrected chi connectivity index (χ0v) is 9.83. The smallest absolute Gasteiger partial charge is 0.200 e. The molecule has 0 heterocycles. The SMILES string of the molecule is FC(F)=C(F)c1cc2ccccc2c2ccccc12. The molecular weight excluding hydrogens is 249 g/mol. The van der Waals surface area contributed by atoms with E-state index in [9.17, 15) is 13.2 Å². The van der Waals surface area contributed by atoms with E-state index in [0.717, 1.165) is 16.2 Å². The first-order valence-corrected chi connectivity index (χ1v) is 5.80. The van der Waals surface area contributed by atoms with E-state index >= 15 is 0 Å². The molecule has 19 heavy (non-hydrogen) atoms. The van der Waals surface area contributed by atoms with Crippen molar-refractivity contribution in [3.05, 3.63) is 66.2 Å². The summed E-state index contributed by atoms with van der Waals surface area (Å²) in [5, 5.41) is 2.93. The Bertz CT molecular complexity index is 799. The van der Waals surface area contributed by atoms with E-state index < -0.39 is 11.9 Å². The van der Waals surface area contributed by atoms with Gasteiger partial charge in [-0.05, 0) is 27.6 Å². The van der Waals surface area contributed by atoms with Gasteiger partial charge in [0.25, 0.3) is 0 Å². The van der Waals surface area contributed by atoms with Gasteiger partial charge in [0.1, 0.15) is 0 Å². The van der Waals surface area contributed by atoms with Crippen LogP contribution in [0.25, 0.3) is 27.4 Å². The lowest BCUT2D eigenvalue weighted by molar-refractivity contribution is 0.410. The highest BCUT2D eigenvalue weighted by Crippen LogP contribution is 2.34. The molecule has 0 saturated heterocycles. The summed E-state index contributed by atoms with van der Waals surface area (Å²) in [6.07, 6.45) is -2.29. The van der Waals surface area contributed by atoms with Crippen LogP contribution in [-0.2, 0) is 0 Å². The summed E-state index contributed by atoms with van der Waals surface area (Å²) in [6.45, 7) is 0. The molecule has 0 N–H and O–H groups in total. The summed E-state index contributed by atoms with van der Waals surface area (Å²) < 4.78 is 38.7. The van der Waals surface area contributed by atoms with Gasteiger partial charge in [0.15, 0.2) is 5.83 Å². The van der Waals surface area contributed by atoms with E-state index in [2.05, 4.69) is 0 Å². The zero-order valence-electron chi connectivity index (χ0n) is 9.83. The molecule has 0 spiro atoms. The van der Waals surface area contributed by atoms with Crippen molar-refractivity contribution in [1.29, 1.82) is 0 Å². The Hall–Kier alpha value is -2.29. The third-order valence-corrected chi connectivity index (χ3v) is 3.17. The van der Waals surface area contributed by atoms with Gasteiger partial charge in [-0.3, -0.25) is 0 Å². The minimum Gasteiger partial charge on any atom is -0.200 e. The second kappa shape index (κ2) is 4.43. The fourth-order valence-corrected chi connectivity index (χ4v) is 2.34. The molecule has 3 aromatic carbocycles. The maximum Gasteiger partial charge on any atom is 0.306 e. The molecule has 0 radical (unpaired) electrons. The molecule has 0 saturated carbocycles. The van der Waals surface area contributed by atoms with Crippen molar-refractivity contribution in [2.45, 2.75) is 0 Å². The quantitative estimate of drug-likeness (QED) is 0.503. The van der Waals surface area contributed by atoms with Crippen molar-refractivity contribution in [1.82, 2.24) is 0 Å². The molecule has 0 unspecified atom stereocenters. The van der Waals surface area contributed by atoms with Crippen LogP contribution in [0.2, 0.25) is 0 Å². The standard InChI is InChI=1S/C16H9F3/c17-15(16(18)19)14-9-10-5-1-2-6-11(10)12-7-3-4-8-13(12)14/h1-9H. The van der Waals surface area contributed by atoms with Gasteiger partial charge >= 0.3 is 6.08 Å². The van der Waals surface area contributed by atoms with E-state index in [1.165, 1.54) is 6.07 Å². The van der Waals surface area contributed by atoms with Crippen LogP contribution in [0, 0.1) is 0 Å². The second-order valence-electron chi connectivity index (χ2n) is 4.27. The second-order valence-corrected chi connectivity index (χ2v) is 4.27. The normalized spacial score (nSPS) is 10.9. The lowest BCUT2D eigenvalue weighted by atomic mass is 9.97. The number of rotatable bonds is 1. The fourth-order valence-electron chi connectivity index (χ4n) is 2.34. The number of hydrogen-bond acceptors (Lipinski definition) is 0. The Morgan fingerprint density at radius 3 is 1.95 bits per heavy atom. The van der Waals surface area contributed by atoms with E-state index in [1.807, 2.05) is 24.3 Å². The van der Waals surface area contributed by atoms with Gasteiger partial charge in [-0.1, -0.05) is 48.5 Å². The van der Waals surface area contributed by atoms with Crippen LogP contribution >= 0.6 is 0 Å². The Kier molecular flexibility index (Phi) is 2.75. The Morgan fingerprint density at radius 1 is 0.684 bits per heavy atom. The number of fused-ring (bicyclic) bond motifs is 3. The Labute approximate surface area is 107 Å². The topological polar surface area (TPSA) is 0 Å². The molecule has 0 aliphatic heterocycles. The largest absolute Gasteiger partial charge is 0.306 e. The first-order chi connectivity index (χ1) is 9.18. The molecule has 3 heteroatoms. The summed E-state index contributed by atoms with van der Waals surface area (Å²) in [4.78, 5) is 0. The maximum absolute atomic E-state index is 13.6. The molecule has 0 atom stereocenters. The average molecular weight is 258 g/mol. The van der Waals surface area contributed by atoms with Crippen molar-refractivity contribution < 1.29 is 13.2 Å². The highest BCUT2D eigenvalue weighted by Gasteiger charge is 2.14. The van der Waals surface area contributed by atoms with Gasteiger partial charge in [0, 0.05) is 5.56 Å². The third kappa shape index (κ3) is 1.87. The van der Waals surface area contributed by atoms with Crippen LogP contribution in [-0.4, -0.2) is 0 Å². The molecule has 3 aromatic rings. The minimum absolute atomic E-state index is 0.0608. The molecule has 0 amide bonds. The molecule has 3 rings (SSSR count). The number of hydrogen-bond donors (Lipinski definition) is 0. The minimum atomic E-state index is -2.29. The summed E-state index contributed by atoms with van der Waals surface area (Å²) in [6, 6.07) is 15.8. The maximum atomic E-state index is 13.6. The van der Waals surface area contributed by atoms with Gasteiger partial charge in [0.2, 0.25) is 0 Å². The molecule has 94 valence electrons. The summed E-state index contributed by atoms with van der Waals surface area (Å²) in [7, 11) is 0. The highest BCUT2D eigenvalue weighted by molar-refractivity contribution is 6.11. The van der Waals surface area contributed by atoms with Crippen molar-refractivity contribution in [3.8, 4) is 0 Å². The molecular formula is C16H9F3. The molecule has 0 aliphatic rings. The lowest BCUT2D eigenvalue weighted by Gasteiger charge is -2.08. The molecule has 0 aromatic heterocycles. The van der Waals surface area contributed by atoms with E-state index in [4.69, 9.17) is 0 Å². The first kappa shape index (κ1) is 11.8. The molecule has 0 aliphatic carbocycles. The monoisotopic (exact) mass is 258 g/mol. The molecule has 0 nitrogen and oxygen atoms in total. The van der Waals surface area contributed by atoms with Crippen LogP contribution in [0.15, 0.2) is 60.7 Å². The number of benzene rings is 3. The van der Waals surface area contributed by atoms with Gasteiger partial charge < -0.3 is 0 Å². The van der Waals surface area contributed by atoms with E-state index in [0.29, 0.717) is 5.39 Å². The molecule has 0 bridgehead atoms. The Balaban J connectivity index is 2.53. The van der Waals surface area contributed by atoms with E-state index in [-0.39, 0.29) is 5.56 Å². The van der Waals surface area contributed by atoms with Crippen LogP contribution in [0.3, 0.4) is 0 Å². The van der Waals surface area contributed by atoms with Crippen molar-refractivity contribution in [2.75, 3.05) is 0 Å². The summed E-state index contributed by atoms with van der Waals surface area (Å²) in [5.74, 6) is -1.46. The van der Waals surface area contributed by atoms with Crippen LogP contribution < -0.4 is 0 Å². The zero-order chi connectivity index (χ0) is 13.4. The predicted molar refractivity (Wildman–Crippen MR) is 71.7 cm³/mol. The lowest BCUT2D eigenvalue weighted by Crippen LogP contribution is -1.86. The van der Waals surface area contributed by atoms with Crippen LogP contribution in [0.5, 0.6) is 0 Å².